The van der Waals surface area contributed by atoms with E-state index >= 15 is 0 Å². The lowest BCUT2D eigenvalue weighted by Gasteiger charge is -2.11. The summed E-state index contributed by atoms with van der Waals surface area (Å²) in [7, 11) is 0. The molecule has 3 rings (SSSR count). The summed E-state index contributed by atoms with van der Waals surface area (Å²) in [5.41, 5.74) is 5.53. The Morgan fingerprint density at radius 2 is 1.05 bits per heavy atom. The molecule has 0 spiro atoms. The molecule has 3 aromatic carbocycles. The lowest BCUT2D eigenvalue weighted by atomic mass is 9.63. The zero-order valence-corrected chi connectivity index (χ0v) is 12.0. The Morgan fingerprint density at radius 3 is 1.43 bits per heavy atom. The highest BCUT2D eigenvalue weighted by Crippen LogP contribution is 2.25. The van der Waals surface area contributed by atoms with Crippen LogP contribution in [0.5, 0.6) is 0 Å². The SMILES string of the molecule is CB(O)c1cc(-c2ccccc2)cc(-c2ccccc2)c1. The quantitative estimate of drug-likeness (QED) is 0.718. The van der Waals surface area contributed by atoms with Crippen molar-refractivity contribution in [3.05, 3.63) is 78.9 Å². The first kappa shape index (κ1) is 13.7. The monoisotopic (exact) mass is 272 g/mol. The second kappa shape index (κ2) is 5.98. The van der Waals surface area contributed by atoms with Crippen molar-refractivity contribution >= 4 is 12.4 Å². The van der Waals surface area contributed by atoms with Crippen LogP contribution in [0.25, 0.3) is 22.3 Å². The first-order valence-corrected chi connectivity index (χ1v) is 7.18. The molecule has 21 heavy (non-hydrogen) atoms. The van der Waals surface area contributed by atoms with E-state index in [1.807, 2.05) is 36.4 Å². The van der Waals surface area contributed by atoms with E-state index in [-0.39, 0.29) is 0 Å². The number of hydrogen-bond donors (Lipinski definition) is 1. The van der Waals surface area contributed by atoms with Gasteiger partial charge in [0.15, 0.2) is 0 Å². The van der Waals surface area contributed by atoms with Gasteiger partial charge >= 0.3 is 6.92 Å². The van der Waals surface area contributed by atoms with Crippen LogP contribution in [0.4, 0.5) is 0 Å². The normalized spacial score (nSPS) is 10.4. The molecule has 2 heteroatoms. The summed E-state index contributed by atoms with van der Waals surface area (Å²) < 4.78 is 0. The van der Waals surface area contributed by atoms with E-state index in [0.29, 0.717) is 0 Å². The first-order chi connectivity index (χ1) is 10.2. The molecule has 0 radical (unpaired) electrons. The van der Waals surface area contributed by atoms with Gasteiger partial charge in [-0.25, -0.2) is 0 Å². The Bertz CT molecular complexity index is 663. The van der Waals surface area contributed by atoms with Gasteiger partial charge in [-0.15, -0.1) is 0 Å². The van der Waals surface area contributed by atoms with Gasteiger partial charge < -0.3 is 5.02 Å². The molecule has 1 nitrogen and oxygen atoms in total. The second-order valence-electron chi connectivity index (χ2n) is 5.25. The summed E-state index contributed by atoms with van der Waals surface area (Å²) in [6.45, 7) is 1.33. The van der Waals surface area contributed by atoms with Crippen LogP contribution in [0.1, 0.15) is 0 Å². The molecular weight excluding hydrogens is 255 g/mol. The minimum Gasteiger partial charge on any atom is -0.447 e. The zero-order chi connectivity index (χ0) is 14.7. The Balaban J connectivity index is 2.16. The van der Waals surface area contributed by atoms with Crippen molar-refractivity contribution in [3.63, 3.8) is 0 Å². The van der Waals surface area contributed by atoms with Crippen LogP contribution in [0.2, 0.25) is 6.82 Å². The predicted octanol–water partition coefficient (Wildman–Crippen LogP) is 3.84. The summed E-state index contributed by atoms with van der Waals surface area (Å²) in [5, 5.41) is 9.97. The third-order valence-electron chi connectivity index (χ3n) is 3.65. The fourth-order valence-corrected chi connectivity index (χ4v) is 2.49. The van der Waals surface area contributed by atoms with Crippen molar-refractivity contribution in [2.24, 2.45) is 0 Å². The van der Waals surface area contributed by atoms with Crippen LogP contribution in [-0.2, 0) is 0 Å². The van der Waals surface area contributed by atoms with Crippen molar-refractivity contribution in [1.29, 1.82) is 0 Å². The van der Waals surface area contributed by atoms with Crippen LogP contribution < -0.4 is 5.46 Å². The van der Waals surface area contributed by atoms with Crippen molar-refractivity contribution < 1.29 is 5.02 Å². The van der Waals surface area contributed by atoms with E-state index in [1.165, 1.54) is 0 Å². The molecule has 0 unspecified atom stereocenters. The number of hydrogen-bond acceptors (Lipinski definition) is 1. The Hall–Kier alpha value is -2.32. The Labute approximate surface area is 126 Å². The van der Waals surface area contributed by atoms with Gasteiger partial charge in [0, 0.05) is 0 Å². The van der Waals surface area contributed by atoms with Crippen molar-refractivity contribution in [2.45, 2.75) is 6.82 Å². The third kappa shape index (κ3) is 3.06. The summed E-state index contributed by atoms with van der Waals surface area (Å²) in [6.07, 6.45) is 0. The predicted molar refractivity (Wildman–Crippen MR) is 90.8 cm³/mol. The number of benzene rings is 3. The van der Waals surface area contributed by atoms with Gasteiger partial charge in [-0.3, -0.25) is 0 Å². The van der Waals surface area contributed by atoms with E-state index in [9.17, 15) is 5.02 Å². The molecule has 0 bridgehead atoms. The maximum absolute atomic E-state index is 9.97. The highest BCUT2D eigenvalue weighted by Gasteiger charge is 2.11. The highest BCUT2D eigenvalue weighted by atomic mass is 16.2. The maximum Gasteiger partial charge on any atom is 0.320 e. The highest BCUT2D eigenvalue weighted by molar-refractivity contribution is 6.65. The van der Waals surface area contributed by atoms with Crippen molar-refractivity contribution in [1.82, 2.24) is 0 Å². The molecule has 0 aliphatic carbocycles. The average Bonchev–Trinajstić information content (AvgIpc) is 2.56. The molecule has 0 aromatic heterocycles. The molecule has 0 heterocycles. The van der Waals surface area contributed by atoms with Gasteiger partial charge in [0.1, 0.15) is 0 Å². The minimum absolute atomic E-state index is 0.476. The molecule has 3 aromatic rings. The van der Waals surface area contributed by atoms with Gasteiger partial charge in [-0.1, -0.05) is 79.6 Å². The average molecular weight is 272 g/mol. The lowest BCUT2D eigenvalue weighted by molar-refractivity contribution is 0.594. The third-order valence-corrected chi connectivity index (χ3v) is 3.65. The topological polar surface area (TPSA) is 20.2 Å². The van der Waals surface area contributed by atoms with Gasteiger partial charge in [0.05, 0.1) is 0 Å². The molecule has 1 N–H and O–H groups in total. The molecule has 0 atom stereocenters. The molecule has 102 valence electrons. The van der Waals surface area contributed by atoms with Gasteiger partial charge in [-0.05, 0) is 33.8 Å². The fraction of sp³-hybridized carbons (Fsp3) is 0.0526. The summed E-state index contributed by atoms with van der Waals surface area (Å²) in [6, 6.07) is 26.8. The van der Waals surface area contributed by atoms with E-state index < -0.39 is 6.92 Å². The largest absolute Gasteiger partial charge is 0.447 e. The van der Waals surface area contributed by atoms with Gasteiger partial charge in [0.2, 0.25) is 0 Å². The van der Waals surface area contributed by atoms with Crippen LogP contribution in [-0.4, -0.2) is 11.9 Å². The molecule has 0 saturated heterocycles. The molecule has 0 aliphatic rings. The van der Waals surface area contributed by atoms with E-state index in [2.05, 4.69) is 42.5 Å². The van der Waals surface area contributed by atoms with E-state index in [4.69, 9.17) is 0 Å². The Morgan fingerprint density at radius 1 is 0.619 bits per heavy atom. The lowest BCUT2D eigenvalue weighted by Crippen LogP contribution is -2.26. The summed E-state index contributed by atoms with van der Waals surface area (Å²) in [4.78, 5) is 0. The van der Waals surface area contributed by atoms with Gasteiger partial charge in [-0.2, -0.15) is 0 Å². The van der Waals surface area contributed by atoms with E-state index in [0.717, 1.165) is 27.7 Å². The molecular formula is C19H17BO. The van der Waals surface area contributed by atoms with Gasteiger partial charge in [0.25, 0.3) is 0 Å². The summed E-state index contributed by atoms with van der Waals surface area (Å²) in [5.74, 6) is 0. The molecule has 0 saturated carbocycles. The standard InChI is InChI=1S/C19H17BO/c1-20(21)19-13-17(15-8-4-2-5-9-15)12-18(14-19)16-10-6-3-7-11-16/h2-14,21H,1H3. The smallest absolute Gasteiger partial charge is 0.320 e. The van der Waals surface area contributed by atoms with Crippen LogP contribution >= 0.6 is 0 Å². The summed E-state index contributed by atoms with van der Waals surface area (Å²) >= 11 is 0. The van der Waals surface area contributed by atoms with Crippen molar-refractivity contribution in [3.8, 4) is 22.3 Å². The zero-order valence-electron chi connectivity index (χ0n) is 12.0. The molecule has 0 fully saturated rings. The second-order valence-corrected chi connectivity index (χ2v) is 5.25. The molecule has 0 aliphatic heterocycles. The maximum atomic E-state index is 9.97. The molecule has 0 amide bonds. The van der Waals surface area contributed by atoms with Crippen molar-refractivity contribution in [2.75, 3.05) is 0 Å². The fourth-order valence-electron chi connectivity index (χ4n) is 2.49. The van der Waals surface area contributed by atoms with Crippen LogP contribution in [0.3, 0.4) is 0 Å². The number of rotatable bonds is 3. The Kier molecular flexibility index (Phi) is 3.89. The van der Waals surface area contributed by atoms with E-state index in [1.54, 1.807) is 6.82 Å². The first-order valence-electron chi connectivity index (χ1n) is 7.18. The minimum atomic E-state index is -0.476. The van der Waals surface area contributed by atoms with Crippen LogP contribution in [0.15, 0.2) is 78.9 Å². The van der Waals surface area contributed by atoms with Crippen LogP contribution in [0, 0.1) is 0 Å².